The maximum Gasteiger partial charge on any atom is 0.339 e. The topological polar surface area (TPSA) is 46.5 Å². The summed E-state index contributed by atoms with van der Waals surface area (Å²) in [5, 5.41) is 9.99. The minimum atomic E-state index is -1.26. The first-order valence-corrected chi connectivity index (χ1v) is 4.63. The van der Waals surface area contributed by atoms with Crippen LogP contribution in [0.5, 0.6) is 0 Å². The van der Waals surface area contributed by atoms with Crippen molar-refractivity contribution in [2.45, 2.75) is 13.0 Å². The van der Waals surface area contributed by atoms with Crippen LogP contribution in [-0.4, -0.2) is 17.7 Å². The lowest BCUT2D eigenvalue weighted by Crippen LogP contribution is -2.15. The Hall–Kier alpha value is -1.06. The first kappa shape index (κ1) is 11.0. The largest absolute Gasteiger partial charge is 0.464 e. The highest BCUT2D eigenvalue weighted by Gasteiger charge is 2.18. The maximum absolute atomic E-state index is 11.1. The molecule has 0 aliphatic heterocycles. The van der Waals surface area contributed by atoms with Crippen LogP contribution in [0.25, 0.3) is 0 Å². The van der Waals surface area contributed by atoms with Gasteiger partial charge in [-0.3, -0.25) is 0 Å². The third-order valence-electron chi connectivity index (χ3n) is 1.67. The summed E-state index contributed by atoms with van der Waals surface area (Å²) in [7, 11) is 0. The second kappa shape index (κ2) is 4.98. The SMILES string of the molecule is CCOC(=O)C(O)c1cccc(Cl)c1. The number of esters is 1. The summed E-state index contributed by atoms with van der Waals surface area (Å²) in [6.07, 6.45) is -1.26. The van der Waals surface area contributed by atoms with Crippen LogP contribution in [-0.2, 0) is 9.53 Å². The number of halogens is 1. The van der Waals surface area contributed by atoms with Crippen molar-refractivity contribution in [3.8, 4) is 0 Å². The number of carbonyl (C=O) groups is 1. The number of ether oxygens (including phenoxy) is 1. The molecular weight excluding hydrogens is 204 g/mol. The molecule has 3 nitrogen and oxygen atoms in total. The monoisotopic (exact) mass is 214 g/mol. The highest BCUT2D eigenvalue weighted by atomic mass is 35.5. The number of hydrogen-bond acceptors (Lipinski definition) is 3. The second-order valence-electron chi connectivity index (χ2n) is 2.71. The molecule has 0 amide bonds. The lowest BCUT2D eigenvalue weighted by atomic mass is 10.1. The zero-order valence-electron chi connectivity index (χ0n) is 7.74. The summed E-state index contributed by atoms with van der Waals surface area (Å²) in [4.78, 5) is 11.1. The van der Waals surface area contributed by atoms with Gasteiger partial charge < -0.3 is 9.84 Å². The van der Waals surface area contributed by atoms with E-state index in [1.54, 1.807) is 25.1 Å². The van der Waals surface area contributed by atoms with Gasteiger partial charge in [0, 0.05) is 5.02 Å². The molecule has 0 bridgehead atoms. The summed E-state index contributed by atoms with van der Waals surface area (Å²) < 4.78 is 4.67. The van der Waals surface area contributed by atoms with Crippen molar-refractivity contribution in [2.24, 2.45) is 0 Å². The fourth-order valence-corrected chi connectivity index (χ4v) is 1.23. The fraction of sp³-hybridized carbons (Fsp3) is 0.300. The molecule has 0 aliphatic rings. The van der Waals surface area contributed by atoms with Gasteiger partial charge in [-0.15, -0.1) is 0 Å². The van der Waals surface area contributed by atoms with Gasteiger partial charge in [-0.05, 0) is 24.6 Å². The highest BCUT2D eigenvalue weighted by molar-refractivity contribution is 6.30. The molecule has 0 heterocycles. The third kappa shape index (κ3) is 2.72. The van der Waals surface area contributed by atoms with Gasteiger partial charge in [-0.2, -0.15) is 0 Å². The summed E-state index contributed by atoms with van der Waals surface area (Å²) >= 11 is 5.71. The van der Waals surface area contributed by atoms with Gasteiger partial charge in [0.15, 0.2) is 6.10 Å². The molecular formula is C10H11ClO3. The van der Waals surface area contributed by atoms with E-state index in [1.165, 1.54) is 6.07 Å². The summed E-state index contributed by atoms with van der Waals surface area (Å²) in [5.41, 5.74) is 0.441. The van der Waals surface area contributed by atoms with Crippen molar-refractivity contribution in [3.05, 3.63) is 34.9 Å². The molecule has 0 fully saturated rings. The van der Waals surface area contributed by atoms with E-state index < -0.39 is 12.1 Å². The zero-order chi connectivity index (χ0) is 10.6. The van der Waals surface area contributed by atoms with Crippen LogP contribution < -0.4 is 0 Å². The lowest BCUT2D eigenvalue weighted by molar-refractivity contribution is -0.153. The number of hydrogen-bond donors (Lipinski definition) is 1. The van der Waals surface area contributed by atoms with Crippen molar-refractivity contribution >= 4 is 17.6 Å². The Morgan fingerprint density at radius 1 is 1.64 bits per heavy atom. The molecule has 0 spiro atoms. The van der Waals surface area contributed by atoms with Gasteiger partial charge in [0.05, 0.1) is 6.61 Å². The smallest absolute Gasteiger partial charge is 0.339 e. The van der Waals surface area contributed by atoms with Crippen LogP contribution in [0.2, 0.25) is 5.02 Å². The highest BCUT2D eigenvalue weighted by Crippen LogP contribution is 2.18. The molecule has 0 saturated carbocycles. The van der Waals surface area contributed by atoms with E-state index in [-0.39, 0.29) is 6.61 Å². The van der Waals surface area contributed by atoms with Crippen LogP contribution in [0.15, 0.2) is 24.3 Å². The maximum atomic E-state index is 11.1. The minimum absolute atomic E-state index is 0.246. The summed E-state index contributed by atoms with van der Waals surface area (Å²) in [6, 6.07) is 6.49. The number of benzene rings is 1. The standard InChI is InChI=1S/C10H11ClO3/c1-2-14-10(13)9(12)7-4-3-5-8(11)6-7/h3-6,9,12H,2H2,1H3. The molecule has 0 radical (unpaired) electrons. The van der Waals surface area contributed by atoms with E-state index in [1.807, 2.05) is 0 Å². The van der Waals surface area contributed by atoms with Crippen molar-refractivity contribution < 1.29 is 14.6 Å². The van der Waals surface area contributed by atoms with E-state index in [2.05, 4.69) is 4.74 Å². The van der Waals surface area contributed by atoms with E-state index in [0.29, 0.717) is 10.6 Å². The zero-order valence-corrected chi connectivity index (χ0v) is 8.49. The fourth-order valence-electron chi connectivity index (χ4n) is 1.03. The van der Waals surface area contributed by atoms with Gasteiger partial charge in [0.1, 0.15) is 0 Å². The Labute approximate surface area is 87.3 Å². The van der Waals surface area contributed by atoms with E-state index in [4.69, 9.17) is 11.6 Å². The Balaban J connectivity index is 2.78. The minimum Gasteiger partial charge on any atom is -0.464 e. The predicted octanol–water partition coefficient (Wildman–Crippen LogP) is 1.94. The Morgan fingerprint density at radius 3 is 2.93 bits per heavy atom. The molecule has 4 heteroatoms. The van der Waals surface area contributed by atoms with Crippen LogP contribution in [0.4, 0.5) is 0 Å². The Bertz CT molecular complexity index is 325. The normalized spacial score (nSPS) is 12.2. The number of aliphatic hydroxyl groups is 1. The van der Waals surface area contributed by atoms with Crippen LogP contribution in [0.1, 0.15) is 18.6 Å². The van der Waals surface area contributed by atoms with Crippen molar-refractivity contribution in [1.29, 1.82) is 0 Å². The van der Waals surface area contributed by atoms with Gasteiger partial charge in [-0.25, -0.2) is 4.79 Å². The number of carbonyl (C=O) groups excluding carboxylic acids is 1. The number of rotatable bonds is 3. The predicted molar refractivity (Wildman–Crippen MR) is 53.0 cm³/mol. The van der Waals surface area contributed by atoms with Crippen LogP contribution >= 0.6 is 11.6 Å². The van der Waals surface area contributed by atoms with E-state index in [0.717, 1.165) is 0 Å². The molecule has 1 aromatic carbocycles. The van der Waals surface area contributed by atoms with Crippen molar-refractivity contribution in [1.82, 2.24) is 0 Å². The number of aliphatic hydroxyl groups excluding tert-OH is 1. The molecule has 76 valence electrons. The van der Waals surface area contributed by atoms with Gasteiger partial charge in [-0.1, -0.05) is 23.7 Å². The van der Waals surface area contributed by atoms with E-state index >= 15 is 0 Å². The van der Waals surface area contributed by atoms with Crippen molar-refractivity contribution in [3.63, 3.8) is 0 Å². The summed E-state index contributed by atoms with van der Waals surface area (Å²) in [5.74, 6) is -0.658. The van der Waals surface area contributed by atoms with E-state index in [9.17, 15) is 9.90 Å². The average molecular weight is 215 g/mol. The molecule has 1 N–H and O–H groups in total. The lowest BCUT2D eigenvalue weighted by Gasteiger charge is -2.09. The quantitative estimate of drug-likeness (QED) is 0.783. The third-order valence-corrected chi connectivity index (χ3v) is 1.91. The Kier molecular flexibility index (Phi) is 3.92. The average Bonchev–Trinajstić information content (AvgIpc) is 2.17. The molecule has 0 aliphatic carbocycles. The molecule has 1 aromatic rings. The first-order chi connectivity index (χ1) is 6.65. The molecule has 1 atom stereocenters. The molecule has 1 unspecified atom stereocenters. The molecule has 14 heavy (non-hydrogen) atoms. The second-order valence-corrected chi connectivity index (χ2v) is 3.15. The van der Waals surface area contributed by atoms with Gasteiger partial charge >= 0.3 is 5.97 Å². The molecule has 1 rings (SSSR count). The van der Waals surface area contributed by atoms with Gasteiger partial charge in [0.2, 0.25) is 0 Å². The van der Waals surface area contributed by atoms with Crippen molar-refractivity contribution in [2.75, 3.05) is 6.61 Å². The first-order valence-electron chi connectivity index (χ1n) is 4.25. The molecule has 0 aromatic heterocycles. The van der Waals surface area contributed by atoms with Crippen LogP contribution in [0.3, 0.4) is 0 Å². The van der Waals surface area contributed by atoms with Gasteiger partial charge in [0.25, 0.3) is 0 Å². The van der Waals surface area contributed by atoms with Crippen LogP contribution in [0, 0.1) is 0 Å². The Morgan fingerprint density at radius 2 is 2.36 bits per heavy atom. The summed E-state index contributed by atoms with van der Waals surface area (Å²) in [6.45, 7) is 1.93. The molecule has 0 saturated heterocycles.